The molecular weight excluding hydrogens is 381 g/mol. The number of thioether (sulfide) groups is 1. The molecule has 4 nitrogen and oxygen atoms in total. The second kappa shape index (κ2) is 9.13. The lowest BCUT2D eigenvalue weighted by molar-refractivity contribution is -0.144. The normalized spacial score (nSPS) is 10.4. The molecule has 0 aliphatic carbocycles. The molecular formula is C18H17Cl2NO3S. The van der Waals surface area contributed by atoms with Crippen LogP contribution in [0.2, 0.25) is 10.0 Å². The number of rotatable bonds is 6. The van der Waals surface area contributed by atoms with E-state index in [-0.39, 0.29) is 17.4 Å². The van der Waals surface area contributed by atoms with Crippen LogP contribution in [0, 0.1) is 13.8 Å². The number of carbonyl (C=O) groups is 2. The summed E-state index contributed by atoms with van der Waals surface area (Å²) in [6.07, 6.45) is 0. The molecule has 2 aromatic carbocycles. The number of nitrogens with one attached hydrogen (secondary N) is 1. The van der Waals surface area contributed by atoms with Crippen LogP contribution in [0.15, 0.2) is 41.3 Å². The van der Waals surface area contributed by atoms with Gasteiger partial charge in [0, 0.05) is 4.90 Å². The van der Waals surface area contributed by atoms with Gasteiger partial charge >= 0.3 is 5.97 Å². The summed E-state index contributed by atoms with van der Waals surface area (Å²) < 4.78 is 4.98. The number of hydrogen-bond acceptors (Lipinski definition) is 4. The first-order valence-corrected chi connectivity index (χ1v) is 9.20. The van der Waals surface area contributed by atoms with Gasteiger partial charge in [-0.3, -0.25) is 9.59 Å². The molecule has 0 saturated heterocycles. The van der Waals surface area contributed by atoms with E-state index >= 15 is 0 Å². The van der Waals surface area contributed by atoms with Gasteiger partial charge in [-0.15, -0.1) is 11.8 Å². The lowest BCUT2D eigenvalue weighted by Crippen LogP contribution is -2.21. The molecule has 0 aliphatic heterocycles. The van der Waals surface area contributed by atoms with Crippen molar-refractivity contribution in [2.24, 2.45) is 0 Å². The van der Waals surface area contributed by atoms with Gasteiger partial charge in [-0.1, -0.05) is 47.0 Å². The van der Waals surface area contributed by atoms with Crippen molar-refractivity contribution in [2.75, 3.05) is 17.7 Å². The summed E-state index contributed by atoms with van der Waals surface area (Å²) in [6, 6.07) is 10.9. The van der Waals surface area contributed by atoms with Gasteiger partial charge in [0.25, 0.3) is 5.91 Å². The van der Waals surface area contributed by atoms with Crippen molar-refractivity contribution in [3.8, 4) is 0 Å². The minimum absolute atomic E-state index is 0.134. The smallest absolute Gasteiger partial charge is 0.316 e. The van der Waals surface area contributed by atoms with E-state index in [2.05, 4.69) is 11.4 Å². The molecule has 0 unspecified atom stereocenters. The Kier molecular flexibility index (Phi) is 7.17. The molecule has 0 aromatic heterocycles. The van der Waals surface area contributed by atoms with Crippen LogP contribution >= 0.6 is 35.0 Å². The van der Waals surface area contributed by atoms with E-state index in [0.29, 0.717) is 10.7 Å². The van der Waals surface area contributed by atoms with Crippen LogP contribution in [0.4, 0.5) is 5.69 Å². The molecule has 1 N–H and O–H groups in total. The minimum Gasteiger partial charge on any atom is -0.455 e. The van der Waals surface area contributed by atoms with E-state index in [9.17, 15) is 9.59 Å². The molecule has 0 radical (unpaired) electrons. The number of carbonyl (C=O) groups excluding carboxylic acids is 2. The third kappa shape index (κ3) is 5.96. The zero-order valence-electron chi connectivity index (χ0n) is 13.8. The largest absolute Gasteiger partial charge is 0.455 e. The van der Waals surface area contributed by atoms with E-state index in [1.54, 1.807) is 18.2 Å². The van der Waals surface area contributed by atoms with Gasteiger partial charge < -0.3 is 10.1 Å². The fraction of sp³-hybridized carbons (Fsp3) is 0.222. The molecule has 2 aromatic rings. The monoisotopic (exact) mass is 397 g/mol. The Hall–Kier alpha value is -1.69. The Morgan fingerprint density at radius 3 is 2.64 bits per heavy atom. The summed E-state index contributed by atoms with van der Waals surface area (Å²) in [6.45, 7) is 3.62. The lowest BCUT2D eigenvalue weighted by atomic mass is 10.2. The van der Waals surface area contributed by atoms with Crippen LogP contribution in [0.5, 0.6) is 0 Å². The number of ether oxygens (including phenoxy) is 1. The van der Waals surface area contributed by atoms with Crippen LogP contribution in [-0.2, 0) is 14.3 Å². The highest BCUT2D eigenvalue weighted by Crippen LogP contribution is 2.29. The molecule has 0 fully saturated rings. The van der Waals surface area contributed by atoms with Crippen molar-refractivity contribution in [3.05, 3.63) is 57.6 Å². The second-order valence-electron chi connectivity index (χ2n) is 5.37. The summed E-state index contributed by atoms with van der Waals surface area (Å²) in [4.78, 5) is 24.7. The number of anilines is 1. The van der Waals surface area contributed by atoms with Crippen LogP contribution in [-0.4, -0.2) is 24.2 Å². The SMILES string of the molecule is Cc1ccc(SCC(=O)OCC(=O)Nc2cccc(Cl)c2Cl)c(C)c1. The van der Waals surface area contributed by atoms with Crippen LogP contribution in [0.1, 0.15) is 11.1 Å². The molecule has 25 heavy (non-hydrogen) atoms. The molecule has 0 aliphatic rings. The summed E-state index contributed by atoms with van der Waals surface area (Å²) in [5.74, 6) is -0.805. The Morgan fingerprint density at radius 1 is 1.16 bits per heavy atom. The highest BCUT2D eigenvalue weighted by atomic mass is 35.5. The topological polar surface area (TPSA) is 55.4 Å². The van der Waals surface area contributed by atoms with Crippen molar-refractivity contribution >= 4 is 52.5 Å². The number of esters is 1. The zero-order valence-corrected chi connectivity index (χ0v) is 16.1. The summed E-state index contributed by atoms with van der Waals surface area (Å²) >= 11 is 13.2. The zero-order chi connectivity index (χ0) is 18.4. The minimum atomic E-state index is -0.478. The van der Waals surface area contributed by atoms with Crippen LogP contribution in [0.25, 0.3) is 0 Å². The first-order valence-electron chi connectivity index (χ1n) is 7.46. The van der Waals surface area contributed by atoms with Gasteiger partial charge in [0.1, 0.15) is 0 Å². The van der Waals surface area contributed by atoms with E-state index < -0.39 is 11.9 Å². The number of hydrogen-bond donors (Lipinski definition) is 1. The molecule has 7 heteroatoms. The van der Waals surface area contributed by atoms with Crippen molar-refractivity contribution in [1.82, 2.24) is 0 Å². The van der Waals surface area contributed by atoms with Crippen LogP contribution < -0.4 is 5.32 Å². The molecule has 2 rings (SSSR count). The van der Waals surface area contributed by atoms with Crippen molar-refractivity contribution in [1.29, 1.82) is 0 Å². The van der Waals surface area contributed by atoms with Crippen molar-refractivity contribution in [2.45, 2.75) is 18.7 Å². The highest BCUT2D eigenvalue weighted by Gasteiger charge is 2.12. The van der Waals surface area contributed by atoms with E-state index in [4.69, 9.17) is 27.9 Å². The number of benzene rings is 2. The molecule has 0 heterocycles. The molecule has 1 amide bonds. The fourth-order valence-corrected chi connectivity index (χ4v) is 3.23. The fourth-order valence-electron chi connectivity index (χ4n) is 2.07. The van der Waals surface area contributed by atoms with Gasteiger partial charge in [-0.05, 0) is 37.6 Å². The molecule has 0 spiro atoms. The van der Waals surface area contributed by atoms with Crippen LogP contribution in [0.3, 0.4) is 0 Å². The Balaban J connectivity index is 1.79. The van der Waals surface area contributed by atoms with E-state index in [1.165, 1.54) is 17.3 Å². The highest BCUT2D eigenvalue weighted by molar-refractivity contribution is 8.00. The maximum atomic E-state index is 11.8. The third-order valence-corrected chi connectivity index (χ3v) is 5.23. The Labute approximate surface area is 160 Å². The Bertz CT molecular complexity index is 796. The summed E-state index contributed by atoms with van der Waals surface area (Å²) in [7, 11) is 0. The van der Waals surface area contributed by atoms with Crippen molar-refractivity contribution in [3.63, 3.8) is 0 Å². The van der Waals surface area contributed by atoms with Gasteiger partial charge in [-0.25, -0.2) is 0 Å². The number of aryl methyl sites for hydroxylation is 2. The predicted octanol–water partition coefficient (Wildman–Crippen LogP) is 4.88. The Morgan fingerprint density at radius 2 is 1.92 bits per heavy atom. The maximum Gasteiger partial charge on any atom is 0.316 e. The lowest BCUT2D eigenvalue weighted by Gasteiger charge is -2.09. The molecule has 0 bridgehead atoms. The van der Waals surface area contributed by atoms with Gasteiger partial charge in [0.2, 0.25) is 0 Å². The second-order valence-corrected chi connectivity index (χ2v) is 7.17. The third-order valence-electron chi connectivity index (χ3n) is 3.27. The van der Waals surface area contributed by atoms with Gasteiger partial charge in [0.05, 0.1) is 21.5 Å². The van der Waals surface area contributed by atoms with E-state index in [1.807, 2.05) is 26.0 Å². The van der Waals surface area contributed by atoms with Gasteiger partial charge in [0.15, 0.2) is 6.61 Å². The number of amides is 1. The van der Waals surface area contributed by atoms with Crippen molar-refractivity contribution < 1.29 is 14.3 Å². The first-order chi connectivity index (χ1) is 11.9. The molecule has 0 saturated carbocycles. The average molecular weight is 398 g/mol. The standard InChI is InChI=1S/C18H17Cl2NO3S/c1-11-6-7-15(12(2)8-11)25-10-17(23)24-9-16(22)21-14-5-3-4-13(19)18(14)20/h3-8H,9-10H2,1-2H3,(H,21,22). The maximum absolute atomic E-state index is 11.8. The summed E-state index contributed by atoms with van der Waals surface area (Å²) in [5.41, 5.74) is 2.65. The average Bonchev–Trinajstić information content (AvgIpc) is 2.56. The molecule has 0 atom stereocenters. The first kappa shape index (κ1) is 19.6. The quantitative estimate of drug-likeness (QED) is 0.557. The summed E-state index contributed by atoms with van der Waals surface area (Å²) in [5, 5.41) is 3.14. The predicted molar refractivity (Wildman–Crippen MR) is 103 cm³/mol. The van der Waals surface area contributed by atoms with E-state index in [0.717, 1.165) is 10.5 Å². The molecule has 132 valence electrons. The number of halogens is 2. The van der Waals surface area contributed by atoms with Gasteiger partial charge in [-0.2, -0.15) is 0 Å².